The van der Waals surface area contributed by atoms with E-state index in [0.717, 1.165) is 25.9 Å². The maximum absolute atomic E-state index is 11.6. The van der Waals surface area contributed by atoms with Gasteiger partial charge in [-0.1, -0.05) is 121 Å². The van der Waals surface area contributed by atoms with Gasteiger partial charge in [0, 0.05) is 25.2 Å². The van der Waals surface area contributed by atoms with Crippen LogP contribution in [0.2, 0.25) is 0 Å². The van der Waals surface area contributed by atoms with Gasteiger partial charge in [0.2, 0.25) is 0 Å². The van der Waals surface area contributed by atoms with Gasteiger partial charge in [-0.3, -0.25) is 4.90 Å². The number of rotatable bonds is 12. The van der Waals surface area contributed by atoms with Gasteiger partial charge in [0.05, 0.1) is 6.10 Å². The molecule has 0 saturated carbocycles. The number of hydrogen-bond acceptors (Lipinski definition) is 3. The zero-order chi connectivity index (χ0) is 24.3. The van der Waals surface area contributed by atoms with Crippen LogP contribution in [0, 0.1) is 0 Å². The molecule has 3 nitrogen and oxygen atoms in total. The van der Waals surface area contributed by atoms with E-state index in [1.807, 2.05) is 36.4 Å². The van der Waals surface area contributed by atoms with E-state index in [1.165, 1.54) is 22.3 Å². The first-order valence-corrected chi connectivity index (χ1v) is 12.5. The molecule has 0 radical (unpaired) electrons. The van der Waals surface area contributed by atoms with Gasteiger partial charge < -0.3 is 10.8 Å². The second-order valence-electron chi connectivity index (χ2n) is 9.39. The lowest BCUT2D eigenvalue weighted by Crippen LogP contribution is -2.46. The van der Waals surface area contributed by atoms with Crippen molar-refractivity contribution < 1.29 is 5.11 Å². The van der Waals surface area contributed by atoms with Gasteiger partial charge in [0.15, 0.2) is 0 Å². The number of hydrogen-bond donors (Lipinski definition) is 2. The molecule has 3 atom stereocenters. The molecule has 3 N–H and O–H groups in total. The lowest BCUT2D eigenvalue weighted by Gasteiger charge is -2.36. The minimum Gasteiger partial charge on any atom is -0.391 e. The minimum absolute atomic E-state index is 0.0698. The van der Waals surface area contributed by atoms with Crippen LogP contribution in [-0.2, 0) is 25.9 Å². The average Bonchev–Trinajstić information content (AvgIpc) is 2.89. The maximum atomic E-state index is 11.6. The van der Waals surface area contributed by atoms with Gasteiger partial charge in [0.25, 0.3) is 0 Å². The van der Waals surface area contributed by atoms with Crippen molar-refractivity contribution in [2.24, 2.45) is 5.73 Å². The van der Waals surface area contributed by atoms with E-state index in [2.05, 4.69) is 89.8 Å². The van der Waals surface area contributed by atoms with Gasteiger partial charge >= 0.3 is 0 Å². The summed E-state index contributed by atoms with van der Waals surface area (Å²) in [4.78, 5) is 2.41. The molecule has 0 aromatic heterocycles. The zero-order valence-corrected chi connectivity index (χ0v) is 20.3. The summed E-state index contributed by atoms with van der Waals surface area (Å²) >= 11 is 0. The van der Waals surface area contributed by atoms with E-state index in [0.29, 0.717) is 6.42 Å². The first-order valence-electron chi connectivity index (χ1n) is 12.5. The van der Waals surface area contributed by atoms with Crippen molar-refractivity contribution >= 4 is 0 Å². The van der Waals surface area contributed by atoms with E-state index in [9.17, 15) is 5.11 Å². The molecule has 0 amide bonds. The number of aliphatic hydroxyl groups excluding tert-OH is 1. The summed E-state index contributed by atoms with van der Waals surface area (Å²) in [6.07, 6.45) is 1.51. The number of nitrogens with zero attached hydrogens (tertiary/aromatic N) is 1. The highest BCUT2D eigenvalue weighted by atomic mass is 16.3. The van der Waals surface area contributed by atoms with E-state index in [-0.39, 0.29) is 12.1 Å². The Morgan fingerprint density at radius 3 is 1.34 bits per heavy atom. The minimum atomic E-state index is -0.554. The van der Waals surface area contributed by atoms with Gasteiger partial charge in [-0.05, 0) is 41.5 Å². The third-order valence-electron chi connectivity index (χ3n) is 6.54. The van der Waals surface area contributed by atoms with Crippen molar-refractivity contribution in [2.45, 2.75) is 50.5 Å². The lowest BCUT2D eigenvalue weighted by atomic mass is 9.92. The second kappa shape index (κ2) is 13.0. The second-order valence-corrected chi connectivity index (χ2v) is 9.39. The largest absolute Gasteiger partial charge is 0.391 e. The Bertz CT molecular complexity index is 1060. The predicted octanol–water partition coefficient (Wildman–Crippen LogP) is 5.62. The monoisotopic (exact) mass is 464 g/mol. The van der Waals surface area contributed by atoms with Gasteiger partial charge in [-0.2, -0.15) is 0 Å². The van der Waals surface area contributed by atoms with E-state index in [1.54, 1.807) is 0 Å². The van der Waals surface area contributed by atoms with Crippen molar-refractivity contribution in [3.05, 3.63) is 144 Å². The molecule has 0 spiro atoms. The van der Waals surface area contributed by atoms with E-state index in [4.69, 9.17) is 5.73 Å². The van der Waals surface area contributed by atoms with Crippen molar-refractivity contribution in [3.8, 4) is 0 Å². The highest BCUT2D eigenvalue weighted by molar-refractivity contribution is 5.20. The first kappa shape index (κ1) is 24.9. The van der Waals surface area contributed by atoms with Crippen LogP contribution in [0.5, 0.6) is 0 Å². The Morgan fingerprint density at radius 2 is 0.914 bits per heavy atom. The molecular weight excluding hydrogens is 428 g/mol. The molecule has 0 fully saturated rings. The average molecular weight is 465 g/mol. The number of nitrogens with two attached hydrogens (primary N) is 1. The SMILES string of the molecule is N[C@H](Cc1ccccc1)C[C@@H](O)[C@H](Cc1ccccc1)N(Cc1ccccc1)Cc1ccccc1. The fourth-order valence-corrected chi connectivity index (χ4v) is 4.76. The van der Waals surface area contributed by atoms with Crippen molar-refractivity contribution in [1.29, 1.82) is 0 Å². The van der Waals surface area contributed by atoms with Crippen LogP contribution in [0.1, 0.15) is 28.7 Å². The molecule has 35 heavy (non-hydrogen) atoms. The summed E-state index contributed by atoms with van der Waals surface area (Å²) in [6.45, 7) is 1.52. The standard InChI is InChI=1S/C32H36N2O/c33-30(21-26-13-5-1-6-14-26)23-32(35)31(22-27-15-7-2-8-16-27)34(24-28-17-9-3-10-18-28)25-29-19-11-4-12-20-29/h1-20,30-32,35H,21-25,33H2/t30-,31+,32-/m1/s1. The maximum Gasteiger partial charge on any atom is 0.0713 e. The first-order chi connectivity index (χ1) is 17.2. The number of benzene rings is 4. The van der Waals surface area contributed by atoms with Crippen LogP contribution in [-0.4, -0.2) is 28.2 Å². The highest BCUT2D eigenvalue weighted by Gasteiger charge is 2.28. The highest BCUT2D eigenvalue weighted by Crippen LogP contribution is 2.22. The summed E-state index contributed by atoms with van der Waals surface area (Å²) < 4.78 is 0. The summed E-state index contributed by atoms with van der Waals surface area (Å²) in [5.74, 6) is 0. The van der Waals surface area contributed by atoms with Crippen LogP contribution in [0.3, 0.4) is 0 Å². The topological polar surface area (TPSA) is 49.5 Å². The molecule has 0 aliphatic carbocycles. The van der Waals surface area contributed by atoms with Crippen LogP contribution in [0.25, 0.3) is 0 Å². The Labute approximate surface area is 209 Å². The van der Waals surface area contributed by atoms with Gasteiger partial charge in [-0.15, -0.1) is 0 Å². The van der Waals surface area contributed by atoms with Crippen LogP contribution in [0.15, 0.2) is 121 Å². The predicted molar refractivity (Wildman–Crippen MR) is 145 cm³/mol. The Morgan fingerprint density at radius 1 is 0.543 bits per heavy atom. The van der Waals surface area contributed by atoms with Gasteiger partial charge in [0.1, 0.15) is 0 Å². The van der Waals surface area contributed by atoms with Crippen LogP contribution in [0.4, 0.5) is 0 Å². The Hall–Kier alpha value is -3.24. The molecular formula is C32H36N2O. The lowest BCUT2D eigenvalue weighted by molar-refractivity contribution is 0.0301. The zero-order valence-electron chi connectivity index (χ0n) is 20.3. The molecule has 0 bridgehead atoms. The summed E-state index contributed by atoms with van der Waals surface area (Å²) in [6, 6.07) is 41.6. The molecule has 0 aliphatic rings. The fourth-order valence-electron chi connectivity index (χ4n) is 4.76. The molecule has 3 heteroatoms. The Balaban J connectivity index is 1.58. The smallest absolute Gasteiger partial charge is 0.0713 e. The van der Waals surface area contributed by atoms with Crippen molar-refractivity contribution in [1.82, 2.24) is 4.90 Å². The van der Waals surface area contributed by atoms with Crippen LogP contribution < -0.4 is 5.73 Å². The van der Waals surface area contributed by atoms with Crippen molar-refractivity contribution in [2.75, 3.05) is 0 Å². The molecule has 0 saturated heterocycles. The van der Waals surface area contributed by atoms with Crippen molar-refractivity contribution in [3.63, 3.8) is 0 Å². The third-order valence-corrected chi connectivity index (χ3v) is 6.54. The molecule has 4 aromatic carbocycles. The summed E-state index contributed by atoms with van der Waals surface area (Å²) in [5, 5.41) is 11.6. The van der Waals surface area contributed by atoms with Crippen LogP contribution >= 0.6 is 0 Å². The molecule has 180 valence electrons. The van der Waals surface area contributed by atoms with E-state index < -0.39 is 6.10 Å². The normalized spacial score (nSPS) is 13.9. The van der Waals surface area contributed by atoms with Gasteiger partial charge in [-0.25, -0.2) is 0 Å². The fraction of sp³-hybridized carbons (Fsp3) is 0.250. The summed E-state index contributed by atoms with van der Waals surface area (Å²) in [7, 11) is 0. The molecule has 4 aromatic rings. The number of aliphatic hydroxyl groups is 1. The molecule has 4 rings (SSSR count). The van der Waals surface area contributed by atoms with E-state index >= 15 is 0 Å². The Kier molecular flexibility index (Phi) is 9.24. The molecule has 0 unspecified atom stereocenters. The third kappa shape index (κ3) is 7.90. The molecule has 0 aliphatic heterocycles. The molecule has 0 heterocycles. The summed E-state index contributed by atoms with van der Waals surface area (Å²) in [5.41, 5.74) is 11.5. The quantitative estimate of drug-likeness (QED) is 0.286.